The number of methoxy groups -OCH3 is 2. The van der Waals surface area contributed by atoms with Gasteiger partial charge in [-0.3, -0.25) is 9.59 Å². The van der Waals surface area contributed by atoms with Crippen LogP contribution in [-0.2, 0) is 9.59 Å². The number of nitrogens with one attached hydrogen (secondary N) is 1. The molecule has 2 aromatic carbocycles. The predicted molar refractivity (Wildman–Crippen MR) is 102 cm³/mol. The summed E-state index contributed by atoms with van der Waals surface area (Å²) in [5.74, 6) is 0.677. The fourth-order valence-corrected chi connectivity index (χ4v) is 2.69. The molecule has 0 saturated carbocycles. The third-order valence-corrected chi connectivity index (χ3v) is 4.09. The Hall–Kier alpha value is -2.73. The summed E-state index contributed by atoms with van der Waals surface area (Å²) >= 11 is 6.16. The van der Waals surface area contributed by atoms with Crippen LogP contribution >= 0.6 is 11.6 Å². The molecule has 0 aliphatic heterocycles. The molecule has 138 valence electrons. The minimum atomic E-state index is -0.255. The van der Waals surface area contributed by atoms with Crippen LogP contribution in [0.25, 0.3) is 0 Å². The Morgan fingerprint density at radius 1 is 1.12 bits per heavy atom. The highest BCUT2D eigenvalue weighted by molar-refractivity contribution is 6.33. The molecule has 0 radical (unpaired) electrons. The topological polar surface area (TPSA) is 67.9 Å². The summed E-state index contributed by atoms with van der Waals surface area (Å²) in [6, 6.07) is 12.1. The quantitative estimate of drug-likeness (QED) is 0.799. The molecule has 0 bridgehead atoms. The van der Waals surface area contributed by atoms with Crippen molar-refractivity contribution in [2.45, 2.75) is 13.3 Å². The number of halogens is 1. The molecule has 0 aliphatic carbocycles. The Morgan fingerprint density at radius 2 is 1.85 bits per heavy atom. The van der Waals surface area contributed by atoms with Crippen molar-refractivity contribution in [3.63, 3.8) is 0 Å². The van der Waals surface area contributed by atoms with Crippen molar-refractivity contribution in [2.75, 3.05) is 31.0 Å². The summed E-state index contributed by atoms with van der Waals surface area (Å²) in [5, 5.41) is 3.24. The number of anilines is 2. The highest BCUT2D eigenvalue weighted by Crippen LogP contribution is 2.29. The zero-order valence-electron chi connectivity index (χ0n) is 14.9. The largest absolute Gasteiger partial charge is 0.497 e. The number of amides is 2. The minimum Gasteiger partial charge on any atom is -0.497 e. The van der Waals surface area contributed by atoms with Crippen molar-refractivity contribution < 1.29 is 19.1 Å². The van der Waals surface area contributed by atoms with Crippen molar-refractivity contribution in [1.82, 2.24) is 0 Å². The molecular weight excluding hydrogens is 356 g/mol. The number of carbonyl (C=O) groups is 2. The van der Waals surface area contributed by atoms with E-state index in [9.17, 15) is 9.59 Å². The Bertz CT molecular complexity index is 795. The molecule has 2 amide bonds. The van der Waals surface area contributed by atoms with E-state index in [4.69, 9.17) is 21.1 Å². The maximum Gasteiger partial charge on any atom is 0.226 e. The first-order chi connectivity index (χ1) is 12.5. The molecule has 26 heavy (non-hydrogen) atoms. The first-order valence-corrected chi connectivity index (χ1v) is 8.38. The lowest BCUT2D eigenvalue weighted by atomic mass is 10.2. The first-order valence-electron chi connectivity index (χ1n) is 8.00. The standard InChI is InChI=1S/C19H21ClN2O4/c1-13(23)22(17-7-5-4-6-15(17)20)11-10-19(24)21-16-12-14(25-2)8-9-18(16)26-3/h4-9,12H,10-11H2,1-3H3,(H,21,24). The number of para-hydroxylation sites is 1. The van der Waals surface area contributed by atoms with E-state index >= 15 is 0 Å². The summed E-state index contributed by atoms with van der Waals surface area (Å²) in [4.78, 5) is 25.8. The maximum atomic E-state index is 12.3. The Labute approximate surface area is 157 Å². The highest BCUT2D eigenvalue weighted by atomic mass is 35.5. The Morgan fingerprint density at radius 3 is 2.46 bits per heavy atom. The second-order valence-corrected chi connectivity index (χ2v) is 5.89. The zero-order chi connectivity index (χ0) is 19.1. The lowest BCUT2D eigenvalue weighted by Gasteiger charge is -2.22. The summed E-state index contributed by atoms with van der Waals surface area (Å²) in [6.45, 7) is 1.64. The summed E-state index contributed by atoms with van der Waals surface area (Å²) in [7, 11) is 3.06. The summed E-state index contributed by atoms with van der Waals surface area (Å²) in [5.41, 5.74) is 1.08. The molecule has 0 atom stereocenters. The average Bonchev–Trinajstić information content (AvgIpc) is 2.63. The molecule has 0 spiro atoms. The van der Waals surface area contributed by atoms with Crippen LogP contribution in [0.2, 0.25) is 5.02 Å². The van der Waals surface area contributed by atoms with Crippen molar-refractivity contribution in [3.8, 4) is 11.5 Å². The van der Waals surface area contributed by atoms with E-state index in [1.807, 2.05) is 0 Å². The van der Waals surface area contributed by atoms with Crippen molar-refractivity contribution in [1.29, 1.82) is 0 Å². The molecular formula is C19H21ClN2O4. The number of hydrogen-bond acceptors (Lipinski definition) is 4. The van der Waals surface area contributed by atoms with Gasteiger partial charge in [-0.15, -0.1) is 0 Å². The van der Waals surface area contributed by atoms with Crippen molar-refractivity contribution >= 4 is 34.8 Å². The van der Waals surface area contributed by atoms with Crippen LogP contribution in [-0.4, -0.2) is 32.6 Å². The van der Waals surface area contributed by atoms with E-state index in [1.54, 1.807) is 49.6 Å². The first kappa shape index (κ1) is 19.6. The predicted octanol–water partition coefficient (Wildman–Crippen LogP) is 3.74. The lowest BCUT2D eigenvalue weighted by Crippen LogP contribution is -2.32. The van der Waals surface area contributed by atoms with Gasteiger partial charge >= 0.3 is 0 Å². The maximum absolute atomic E-state index is 12.3. The molecule has 0 aliphatic rings. The zero-order valence-corrected chi connectivity index (χ0v) is 15.7. The fraction of sp³-hybridized carbons (Fsp3) is 0.263. The van der Waals surface area contributed by atoms with Crippen LogP contribution in [0.15, 0.2) is 42.5 Å². The number of carbonyl (C=O) groups excluding carboxylic acids is 2. The second kappa shape index (κ2) is 9.10. The molecule has 6 nitrogen and oxygen atoms in total. The van der Waals surface area contributed by atoms with Crippen LogP contribution in [0.3, 0.4) is 0 Å². The normalized spacial score (nSPS) is 10.2. The number of benzene rings is 2. The third kappa shape index (κ3) is 4.89. The average molecular weight is 377 g/mol. The molecule has 7 heteroatoms. The van der Waals surface area contributed by atoms with E-state index in [0.29, 0.717) is 27.9 Å². The molecule has 0 unspecified atom stereocenters. The molecule has 1 N–H and O–H groups in total. The van der Waals surface area contributed by atoms with Gasteiger partial charge < -0.3 is 19.7 Å². The molecule has 0 heterocycles. The molecule has 0 saturated heterocycles. The Kier molecular flexibility index (Phi) is 6.86. The number of hydrogen-bond donors (Lipinski definition) is 1. The van der Waals surface area contributed by atoms with Crippen LogP contribution in [0.1, 0.15) is 13.3 Å². The Balaban J connectivity index is 2.08. The van der Waals surface area contributed by atoms with Gasteiger partial charge in [-0.2, -0.15) is 0 Å². The molecule has 0 aromatic heterocycles. The van der Waals surface area contributed by atoms with Crippen molar-refractivity contribution in [2.24, 2.45) is 0 Å². The van der Waals surface area contributed by atoms with Gasteiger partial charge in [0.25, 0.3) is 0 Å². The van der Waals surface area contributed by atoms with Crippen LogP contribution in [0.4, 0.5) is 11.4 Å². The SMILES string of the molecule is COc1ccc(OC)c(NC(=O)CCN(C(C)=O)c2ccccc2Cl)c1. The molecule has 0 fully saturated rings. The minimum absolute atomic E-state index is 0.102. The fourth-order valence-electron chi connectivity index (χ4n) is 2.46. The van der Waals surface area contributed by atoms with Gasteiger partial charge in [-0.05, 0) is 24.3 Å². The van der Waals surface area contributed by atoms with E-state index in [-0.39, 0.29) is 24.8 Å². The second-order valence-electron chi connectivity index (χ2n) is 5.49. The number of nitrogens with zero attached hydrogens (tertiary/aromatic N) is 1. The molecule has 2 rings (SSSR count). The van der Waals surface area contributed by atoms with E-state index in [0.717, 1.165) is 0 Å². The van der Waals surface area contributed by atoms with Crippen LogP contribution < -0.4 is 19.7 Å². The third-order valence-electron chi connectivity index (χ3n) is 3.77. The van der Waals surface area contributed by atoms with E-state index < -0.39 is 0 Å². The van der Waals surface area contributed by atoms with Gasteiger partial charge in [0, 0.05) is 26.0 Å². The monoisotopic (exact) mass is 376 g/mol. The van der Waals surface area contributed by atoms with E-state index in [1.165, 1.54) is 18.9 Å². The summed E-state index contributed by atoms with van der Waals surface area (Å²) < 4.78 is 10.4. The number of ether oxygens (including phenoxy) is 2. The van der Waals surface area contributed by atoms with Crippen LogP contribution in [0.5, 0.6) is 11.5 Å². The van der Waals surface area contributed by atoms with Gasteiger partial charge in [0.2, 0.25) is 11.8 Å². The lowest BCUT2D eigenvalue weighted by molar-refractivity contribution is -0.117. The van der Waals surface area contributed by atoms with Gasteiger partial charge in [0.05, 0.1) is 30.6 Å². The van der Waals surface area contributed by atoms with Gasteiger partial charge in [0.1, 0.15) is 11.5 Å². The van der Waals surface area contributed by atoms with Crippen LogP contribution in [0, 0.1) is 0 Å². The van der Waals surface area contributed by atoms with Gasteiger partial charge in [-0.1, -0.05) is 23.7 Å². The van der Waals surface area contributed by atoms with Gasteiger partial charge in [-0.25, -0.2) is 0 Å². The van der Waals surface area contributed by atoms with E-state index in [2.05, 4.69) is 5.32 Å². The smallest absolute Gasteiger partial charge is 0.226 e. The van der Waals surface area contributed by atoms with Gasteiger partial charge in [0.15, 0.2) is 0 Å². The summed E-state index contributed by atoms with van der Waals surface area (Å²) in [6.07, 6.45) is 0.102. The molecule has 2 aromatic rings. The van der Waals surface area contributed by atoms with Crippen molar-refractivity contribution in [3.05, 3.63) is 47.5 Å². The number of rotatable bonds is 7. The highest BCUT2D eigenvalue weighted by Gasteiger charge is 2.16.